The summed E-state index contributed by atoms with van der Waals surface area (Å²) in [6.45, 7) is 6.61. The second-order valence-electron chi connectivity index (χ2n) is 6.20. The summed E-state index contributed by atoms with van der Waals surface area (Å²) in [5.41, 5.74) is 7.61. The van der Waals surface area contributed by atoms with Gasteiger partial charge in [-0.3, -0.25) is 0 Å². The molecule has 1 aromatic heterocycles. The molecule has 0 unspecified atom stereocenters. The van der Waals surface area contributed by atoms with Crippen molar-refractivity contribution in [3.05, 3.63) is 11.5 Å². The molecule has 0 aliphatic heterocycles. The minimum atomic E-state index is 0.411. The third kappa shape index (κ3) is 3.13. The van der Waals surface area contributed by atoms with E-state index < -0.39 is 0 Å². The molecule has 0 atom stereocenters. The van der Waals surface area contributed by atoms with E-state index in [9.17, 15) is 0 Å². The fraction of sp³-hybridized carbons (Fsp3) is 0.812. The molecule has 1 fully saturated rings. The Morgan fingerprint density at radius 3 is 2.37 bits per heavy atom. The summed E-state index contributed by atoms with van der Waals surface area (Å²) in [7, 11) is 0. The maximum Gasteiger partial charge on any atom is 0.127 e. The minimum Gasteiger partial charge on any atom is -0.384 e. The van der Waals surface area contributed by atoms with Gasteiger partial charge in [-0.2, -0.15) is 0 Å². The molecule has 2 N–H and O–H groups in total. The Morgan fingerprint density at radius 2 is 1.84 bits per heavy atom. The molecule has 108 valence electrons. The van der Waals surface area contributed by atoms with E-state index in [-0.39, 0.29) is 0 Å². The van der Waals surface area contributed by atoms with Gasteiger partial charge in [0.25, 0.3) is 0 Å². The Balaban J connectivity index is 2.31. The van der Waals surface area contributed by atoms with Crippen LogP contribution in [0, 0.1) is 0 Å². The average Bonchev–Trinajstić information content (AvgIpc) is 2.56. The molecule has 3 nitrogen and oxygen atoms in total. The van der Waals surface area contributed by atoms with Gasteiger partial charge in [-0.25, -0.2) is 4.98 Å². The molecule has 1 aliphatic rings. The zero-order chi connectivity index (χ0) is 13.8. The predicted octanol–water partition coefficient (Wildman–Crippen LogP) is 4.44. The van der Waals surface area contributed by atoms with Crippen molar-refractivity contribution in [3.8, 4) is 0 Å². The second kappa shape index (κ2) is 6.44. The summed E-state index contributed by atoms with van der Waals surface area (Å²) in [6, 6.07) is 0.411. The van der Waals surface area contributed by atoms with E-state index in [2.05, 4.69) is 25.3 Å². The van der Waals surface area contributed by atoms with Gasteiger partial charge >= 0.3 is 0 Å². The molecular formula is C16H29N3. The van der Waals surface area contributed by atoms with Crippen LogP contribution < -0.4 is 5.73 Å². The Morgan fingerprint density at radius 1 is 1.21 bits per heavy atom. The fourth-order valence-corrected chi connectivity index (χ4v) is 3.34. The van der Waals surface area contributed by atoms with Gasteiger partial charge in [-0.05, 0) is 33.1 Å². The van der Waals surface area contributed by atoms with E-state index >= 15 is 0 Å². The first-order valence-corrected chi connectivity index (χ1v) is 8.01. The third-order valence-electron chi connectivity index (χ3n) is 4.28. The quantitative estimate of drug-likeness (QED) is 0.816. The van der Waals surface area contributed by atoms with Crippen molar-refractivity contribution in [1.29, 1.82) is 0 Å². The van der Waals surface area contributed by atoms with Crippen LogP contribution in [0.15, 0.2) is 0 Å². The molecule has 0 saturated heterocycles. The molecule has 2 rings (SSSR count). The maximum atomic E-state index is 6.42. The van der Waals surface area contributed by atoms with E-state index in [1.165, 1.54) is 50.0 Å². The SMILES string of the molecule is CCCc1nc(C2CCCCCC2)c(N)n1C(C)C. The molecule has 0 amide bonds. The normalized spacial score (nSPS) is 17.9. The Labute approximate surface area is 117 Å². The molecule has 0 spiro atoms. The van der Waals surface area contributed by atoms with Crippen molar-refractivity contribution in [3.63, 3.8) is 0 Å². The van der Waals surface area contributed by atoms with Crippen molar-refractivity contribution in [2.45, 2.75) is 84.1 Å². The standard InChI is InChI=1S/C16H29N3/c1-4-9-14-18-15(16(17)19(14)12(2)3)13-10-7-5-6-8-11-13/h12-13H,4-11,17H2,1-3H3. The van der Waals surface area contributed by atoms with Crippen LogP contribution >= 0.6 is 0 Å². The lowest BCUT2D eigenvalue weighted by atomic mass is 9.96. The highest BCUT2D eigenvalue weighted by atomic mass is 15.2. The first kappa shape index (κ1) is 14.4. The van der Waals surface area contributed by atoms with Crippen molar-refractivity contribution >= 4 is 5.82 Å². The van der Waals surface area contributed by atoms with Crippen LogP contribution in [0.4, 0.5) is 5.82 Å². The second-order valence-corrected chi connectivity index (χ2v) is 6.20. The average molecular weight is 263 g/mol. The molecular weight excluding hydrogens is 234 g/mol. The Hall–Kier alpha value is -0.990. The van der Waals surface area contributed by atoms with Crippen molar-refractivity contribution in [1.82, 2.24) is 9.55 Å². The number of nitrogens with zero attached hydrogens (tertiary/aromatic N) is 2. The summed E-state index contributed by atoms with van der Waals surface area (Å²) in [6.07, 6.45) is 10.1. The van der Waals surface area contributed by atoms with E-state index in [4.69, 9.17) is 10.7 Å². The highest BCUT2D eigenvalue weighted by molar-refractivity contribution is 5.41. The minimum absolute atomic E-state index is 0.411. The summed E-state index contributed by atoms with van der Waals surface area (Å²) in [5, 5.41) is 0. The highest BCUT2D eigenvalue weighted by Gasteiger charge is 2.23. The Bertz CT molecular complexity index is 398. The van der Waals surface area contributed by atoms with Crippen molar-refractivity contribution in [2.75, 3.05) is 5.73 Å². The summed E-state index contributed by atoms with van der Waals surface area (Å²) in [4.78, 5) is 4.92. The molecule has 0 bridgehead atoms. The van der Waals surface area contributed by atoms with E-state index in [1.807, 2.05) is 0 Å². The van der Waals surface area contributed by atoms with Crippen molar-refractivity contribution in [2.24, 2.45) is 0 Å². The number of nitrogen functional groups attached to an aromatic ring is 1. The molecule has 1 aromatic rings. The van der Waals surface area contributed by atoms with Crippen LogP contribution in [-0.4, -0.2) is 9.55 Å². The van der Waals surface area contributed by atoms with E-state index in [0.29, 0.717) is 12.0 Å². The van der Waals surface area contributed by atoms with Crippen LogP contribution in [-0.2, 0) is 6.42 Å². The molecule has 3 heteroatoms. The van der Waals surface area contributed by atoms with Gasteiger partial charge in [0.05, 0.1) is 5.69 Å². The number of rotatable bonds is 4. The number of imidazole rings is 1. The summed E-state index contributed by atoms with van der Waals surface area (Å²) >= 11 is 0. The zero-order valence-electron chi connectivity index (χ0n) is 12.8. The van der Waals surface area contributed by atoms with E-state index in [0.717, 1.165) is 18.7 Å². The maximum absolute atomic E-state index is 6.42. The number of nitrogens with two attached hydrogens (primary N) is 1. The fourth-order valence-electron chi connectivity index (χ4n) is 3.34. The van der Waals surface area contributed by atoms with Gasteiger partial charge in [0, 0.05) is 18.4 Å². The first-order chi connectivity index (χ1) is 9.15. The smallest absolute Gasteiger partial charge is 0.127 e. The number of hydrogen-bond donors (Lipinski definition) is 1. The van der Waals surface area contributed by atoms with Crippen LogP contribution in [0.3, 0.4) is 0 Å². The zero-order valence-corrected chi connectivity index (χ0v) is 12.8. The topological polar surface area (TPSA) is 43.8 Å². The molecule has 19 heavy (non-hydrogen) atoms. The summed E-state index contributed by atoms with van der Waals surface area (Å²) < 4.78 is 2.25. The number of aryl methyl sites for hydroxylation is 1. The van der Waals surface area contributed by atoms with E-state index in [1.54, 1.807) is 0 Å². The molecule has 0 radical (unpaired) electrons. The number of aromatic nitrogens is 2. The Kier molecular flexibility index (Phi) is 4.89. The monoisotopic (exact) mass is 263 g/mol. The number of hydrogen-bond acceptors (Lipinski definition) is 2. The lowest BCUT2D eigenvalue weighted by Crippen LogP contribution is -2.10. The molecule has 0 aromatic carbocycles. The number of anilines is 1. The van der Waals surface area contributed by atoms with Gasteiger partial charge in [-0.15, -0.1) is 0 Å². The third-order valence-corrected chi connectivity index (χ3v) is 4.28. The van der Waals surface area contributed by atoms with Gasteiger partial charge in [0.1, 0.15) is 11.6 Å². The molecule has 1 aliphatic carbocycles. The van der Waals surface area contributed by atoms with Crippen molar-refractivity contribution < 1.29 is 0 Å². The van der Waals surface area contributed by atoms with Crippen LogP contribution in [0.5, 0.6) is 0 Å². The predicted molar refractivity (Wildman–Crippen MR) is 81.5 cm³/mol. The summed E-state index contributed by atoms with van der Waals surface area (Å²) in [5.74, 6) is 2.72. The van der Waals surface area contributed by atoms with Crippen LogP contribution in [0.1, 0.15) is 89.2 Å². The lowest BCUT2D eigenvalue weighted by Gasteiger charge is -2.15. The molecule has 1 saturated carbocycles. The van der Waals surface area contributed by atoms with Gasteiger partial charge < -0.3 is 10.3 Å². The van der Waals surface area contributed by atoms with Crippen LogP contribution in [0.2, 0.25) is 0 Å². The van der Waals surface area contributed by atoms with Gasteiger partial charge in [-0.1, -0.05) is 32.6 Å². The molecule has 1 heterocycles. The van der Waals surface area contributed by atoms with Crippen LogP contribution in [0.25, 0.3) is 0 Å². The first-order valence-electron chi connectivity index (χ1n) is 8.01. The largest absolute Gasteiger partial charge is 0.384 e. The lowest BCUT2D eigenvalue weighted by molar-refractivity contribution is 0.570. The van der Waals surface area contributed by atoms with Gasteiger partial charge in [0.15, 0.2) is 0 Å². The van der Waals surface area contributed by atoms with Gasteiger partial charge in [0.2, 0.25) is 0 Å². The highest BCUT2D eigenvalue weighted by Crippen LogP contribution is 2.35.